The summed E-state index contributed by atoms with van der Waals surface area (Å²) in [5.41, 5.74) is 1.08. The summed E-state index contributed by atoms with van der Waals surface area (Å²) in [6, 6.07) is 9.94. The van der Waals surface area contributed by atoms with Gasteiger partial charge in [0.15, 0.2) is 0 Å². The molecule has 0 radical (unpaired) electrons. The zero-order valence-electron chi connectivity index (χ0n) is 15.6. The molecule has 5 atom stereocenters. The smallest absolute Gasteiger partial charge is 0.317 e. The highest BCUT2D eigenvalue weighted by Crippen LogP contribution is 2.40. The van der Waals surface area contributed by atoms with E-state index in [0.717, 1.165) is 24.8 Å². The first-order chi connectivity index (χ1) is 12.0. The quantitative estimate of drug-likeness (QED) is 0.585. The zero-order chi connectivity index (χ0) is 18.0. The van der Waals surface area contributed by atoms with Crippen molar-refractivity contribution in [1.82, 2.24) is 0 Å². The van der Waals surface area contributed by atoms with Crippen molar-refractivity contribution >= 4 is 11.8 Å². The second-order valence-corrected chi connectivity index (χ2v) is 8.30. The van der Waals surface area contributed by atoms with Crippen molar-refractivity contribution in [2.24, 2.45) is 23.7 Å². The van der Waals surface area contributed by atoms with Crippen molar-refractivity contribution in [3.05, 3.63) is 35.9 Å². The lowest BCUT2D eigenvalue weighted by Gasteiger charge is -2.37. The summed E-state index contributed by atoms with van der Waals surface area (Å²) in [4.78, 5) is 25.4. The molecule has 0 heterocycles. The Morgan fingerprint density at radius 3 is 2.52 bits per heavy atom. The standard InChI is InChI=1S/C22H30O3/c1-14(2)17-10-9-15(3)13-20(17)25-22(24)21-18(11-12-19(21)23)16-7-5-4-6-8-16/h4-8,14-15,17-18,20-21H,9-13H2,1-3H3/t15-,17+,18+,20+,21?/m1/s1. The third-order valence-corrected chi connectivity index (χ3v) is 6.16. The van der Waals surface area contributed by atoms with E-state index in [4.69, 9.17) is 4.74 Å². The molecule has 136 valence electrons. The van der Waals surface area contributed by atoms with Crippen molar-refractivity contribution in [2.45, 2.75) is 64.9 Å². The molecule has 0 bridgehead atoms. The topological polar surface area (TPSA) is 43.4 Å². The molecule has 3 nitrogen and oxygen atoms in total. The summed E-state index contributed by atoms with van der Waals surface area (Å²) in [6.45, 7) is 6.63. The van der Waals surface area contributed by atoms with Crippen LogP contribution in [-0.4, -0.2) is 17.9 Å². The van der Waals surface area contributed by atoms with Crippen molar-refractivity contribution in [2.75, 3.05) is 0 Å². The van der Waals surface area contributed by atoms with Crippen LogP contribution in [-0.2, 0) is 14.3 Å². The zero-order valence-corrected chi connectivity index (χ0v) is 15.6. The van der Waals surface area contributed by atoms with Crippen LogP contribution in [0.1, 0.15) is 64.4 Å². The van der Waals surface area contributed by atoms with Gasteiger partial charge in [0.05, 0.1) is 0 Å². The van der Waals surface area contributed by atoms with E-state index in [0.29, 0.717) is 24.2 Å². The molecule has 0 amide bonds. The summed E-state index contributed by atoms with van der Waals surface area (Å²) in [7, 11) is 0. The average Bonchev–Trinajstić information content (AvgIpc) is 2.97. The minimum Gasteiger partial charge on any atom is -0.462 e. The van der Waals surface area contributed by atoms with Crippen LogP contribution >= 0.6 is 0 Å². The number of esters is 1. The molecule has 1 aromatic carbocycles. The van der Waals surface area contributed by atoms with Gasteiger partial charge in [-0.2, -0.15) is 0 Å². The van der Waals surface area contributed by atoms with Gasteiger partial charge in [0.1, 0.15) is 17.8 Å². The Morgan fingerprint density at radius 1 is 1.12 bits per heavy atom. The molecule has 0 N–H and O–H groups in total. The molecule has 3 heteroatoms. The third kappa shape index (κ3) is 3.96. The van der Waals surface area contributed by atoms with Crippen LogP contribution in [0.4, 0.5) is 0 Å². The van der Waals surface area contributed by atoms with Crippen molar-refractivity contribution < 1.29 is 14.3 Å². The maximum absolute atomic E-state index is 12.9. The van der Waals surface area contributed by atoms with E-state index in [9.17, 15) is 9.59 Å². The van der Waals surface area contributed by atoms with Crippen LogP contribution in [0.3, 0.4) is 0 Å². The van der Waals surface area contributed by atoms with Gasteiger partial charge in [-0.3, -0.25) is 9.59 Å². The molecule has 1 unspecified atom stereocenters. The Labute approximate surface area is 151 Å². The van der Waals surface area contributed by atoms with E-state index in [-0.39, 0.29) is 23.8 Å². The molecule has 0 aliphatic heterocycles. The van der Waals surface area contributed by atoms with Crippen LogP contribution in [0.15, 0.2) is 30.3 Å². The lowest BCUT2D eigenvalue weighted by Crippen LogP contribution is -2.38. The monoisotopic (exact) mass is 342 g/mol. The summed E-state index contributed by atoms with van der Waals surface area (Å²) < 4.78 is 5.98. The summed E-state index contributed by atoms with van der Waals surface area (Å²) in [5.74, 6) is 0.593. The normalized spacial score (nSPS) is 32.8. The van der Waals surface area contributed by atoms with Crippen molar-refractivity contribution in [3.8, 4) is 0 Å². The Kier molecular flexibility index (Phi) is 5.61. The minimum absolute atomic E-state index is 0.0280. The number of ketones is 1. The number of Topliss-reactive ketones (excluding diaryl/α,β-unsaturated/α-hetero) is 1. The van der Waals surface area contributed by atoms with Crippen molar-refractivity contribution in [3.63, 3.8) is 0 Å². The number of ether oxygens (including phenoxy) is 1. The van der Waals surface area contributed by atoms with Crippen LogP contribution in [0.25, 0.3) is 0 Å². The molecule has 25 heavy (non-hydrogen) atoms. The predicted molar refractivity (Wildman–Crippen MR) is 98.1 cm³/mol. The van der Waals surface area contributed by atoms with E-state index in [1.54, 1.807) is 0 Å². The summed E-state index contributed by atoms with van der Waals surface area (Å²) in [5, 5.41) is 0. The lowest BCUT2D eigenvalue weighted by molar-refractivity contribution is -0.162. The van der Waals surface area contributed by atoms with E-state index < -0.39 is 5.92 Å². The minimum atomic E-state index is -0.618. The van der Waals surface area contributed by atoms with Crippen molar-refractivity contribution in [1.29, 1.82) is 0 Å². The summed E-state index contributed by atoms with van der Waals surface area (Å²) >= 11 is 0. The van der Waals surface area contributed by atoms with Gasteiger partial charge in [0.25, 0.3) is 0 Å². The second kappa shape index (κ2) is 7.72. The van der Waals surface area contributed by atoms with Crippen LogP contribution in [0.5, 0.6) is 0 Å². The van der Waals surface area contributed by atoms with Gasteiger partial charge in [0.2, 0.25) is 0 Å². The first-order valence-corrected chi connectivity index (χ1v) is 9.75. The molecule has 3 rings (SSSR count). The van der Waals surface area contributed by atoms with Crippen LogP contribution in [0, 0.1) is 23.7 Å². The number of benzene rings is 1. The number of carbonyl (C=O) groups excluding carboxylic acids is 2. The summed E-state index contributed by atoms with van der Waals surface area (Å²) in [6.07, 6.45) is 4.42. The van der Waals surface area contributed by atoms with Gasteiger partial charge in [-0.15, -0.1) is 0 Å². The van der Waals surface area contributed by atoms with Gasteiger partial charge in [-0.25, -0.2) is 0 Å². The Morgan fingerprint density at radius 2 is 1.84 bits per heavy atom. The molecule has 1 aromatic rings. The molecule has 2 saturated carbocycles. The highest BCUT2D eigenvalue weighted by atomic mass is 16.5. The molecule has 2 fully saturated rings. The number of rotatable bonds is 4. The molecular weight excluding hydrogens is 312 g/mol. The molecule has 0 saturated heterocycles. The fourth-order valence-electron chi connectivity index (χ4n) is 4.67. The molecule has 2 aliphatic rings. The van der Waals surface area contributed by atoms with Gasteiger partial charge < -0.3 is 4.74 Å². The largest absolute Gasteiger partial charge is 0.462 e. The van der Waals surface area contributed by atoms with Gasteiger partial charge in [0, 0.05) is 12.3 Å². The number of hydrogen-bond donors (Lipinski definition) is 0. The van der Waals surface area contributed by atoms with Crippen LogP contribution in [0.2, 0.25) is 0 Å². The number of hydrogen-bond acceptors (Lipinski definition) is 3. The highest BCUT2D eigenvalue weighted by molar-refractivity contribution is 6.01. The van der Waals surface area contributed by atoms with E-state index in [2.05, 4.69) is 20.8 Å². The molecule has 0 aromatic heterocycles. The lowest BCUT2D eigenvalue weighted by atomic mass is 9.75. The molecule has 2 aliphatic carbocycles. The maximum Gasteiger partial charge on any atom is 0.317 e. The van der Waals surface area contributed by atoms with Gasteiger partial charge in [-0.1, -0.05) is 57.5 Å². The van der Waals surface area contributed by atoms with Gasteiger partial charge in [-0.05, 0) is 42.6 Å². The average molecular weight is 342 g/mol. The number of carbonyl (C=O) groups is 2. The Hall–Kier alpha value is -1.64. The molecule has 0 spiro atoms. The highest BCUT2D eigenvalue weighted by Gasteiger charge is 2.44. The second-order valence-electron chi connectivity index (χ2n) is 8.30. The van der Waals surface area contributed by atoms with Gasteiger partial charge >= 0.3 is 5.97 Å². The van der Waals surface area contributed by atoms with Crippen LogP contribution < -0.4 is 0 Å². The molecular formula is C22H30O3. The Balaban J connectivity index is 1.75. The fourth-order valence-corrected chi connectivity index (χ4v) is 4.67. The van der Waals surface area contributed by atoms with E-state index in [1.165, 1.54) is 6.42 Å². The van der Waals surface area contributed by atoms with E-state index in [1.807, 2.05) is 30.3 Å². The predicted octanol–water partition coefficient (Wildman–Crippen LogP) is 4.75. The first kappa shape index (κ1) is 18.2. The SMILES string of the molecule is CC(C)[C@@H]1CC[C@@H](C)C[C@@H]1OC(=O)C1C(=O)CC[C@H]1c1ccccc1. The maximum atomic E-state index is 12.9. The Bertz CT molecular complexity index is 607. The van der Waals surface area contributed by atoms with E-state index >= 15 is 0 Å². The first-order valence-electron chi connectivity index (χ1n) is 9.75. The fraction of sp³-hybridized carbons (Fsp3) is 0.636. The third-order valence-electron chi connectivity index (χ3n) is 6.16.